The van der Waals surface area contributed by atoms with Crippen LogP contribution in [-0.4, -0.2) is 46.3 Å². The number of benzene rings is 2. The highest BCUT2D eigenvalue weighted by molar-refractivity contribution is 6.14. The van der Waals surface area contributed by atoms with Crippen molar-refractivity contribution in [2.45, 2.75) is 13.0 Å². The van der Waals surface area contributed by atoms with Crippen LogP contribution >= 0.6 is 0 Å². The van der Waals surface area contributed by atoms with Crippen LogP contribution in [0.3, 0.4) is 0 Å². The van der Waals surface area contributed by atoms with E-state index in [1.807, 2.05) is 0 Å². The van der Waals surface area contributed by atoms with Gasteiger partial charge in [-0.3, -0.25) is 4.79 Å². The molecule has 3 rings (SSSR count). The van der Waals surface area contributed by atoms with Crippen molar-refractivity contribution in [3.8, 4) is 28.7 Å². The van der Waals surface area contributed by atoms with Crippen molar-refractivity contribution < 1.29 is 38.0 Å². The fourth-order valence-corrected chi connectivity index (χ4v) is 3.04. The van der Waals surface area contributed by atoms with Crippen LogP contribution in [0.25, 0.3) is 6.08 Å². The first-order valence-electron chi connectivity index (χ1n) is 9.05. The third-order valence-electron chi connectivity index (χ3n) is 4.51. The average Bonchev–Trinajstić information content (AvgIpc) is 3.06. The number of allylic oxidation sites excluding steroid dienone is 1. The lowest BCUT2D eigenvalue weighted by atomic mass is 10.1. The number of Topliss-reactive ketones (excluding diaryl/α,β-unsaturated/α-hetero) is 1. The molecule has 0 N–H and O–H groups in total. The molecular weight excluding hydrogens is 392 g/mol. The van der Waals surface area contributed by atoms with E-state index in [1.165, 1.54) is 28.4 Å². The number of ether oxygens (including phenoxy) is 6. The van der Waals surface area contributed by atoms with E-state index >= 15 is 0 Å². The van der Waals surface area contributed by atoms with Gasteiger partial charge in [-0.25, -0.2) is 4.79 Å². The van der Waals surface area contributed by atoms with Crippen LogP contribution in [0.4, 0.5) is 0 Å². The van der Waals surface area contributed by atoms with Crippen LogP contribution in [0.5, 0.6) is 28.7 Å². The minimum absolute atomic E-state index is 0.119. The van der Waals surface area contributed by atoms with Crippen LogP contribution in [0.1, 0.15) is 22.8 Å². The van der Waals surface area contributed by atoms with E-state index in [4.69, 9.17) is 23.7 Å². The summed E-state index contributed by atoms with van der Waals surface area (Å²) in [6.45, 7) is 1.57. The number of carbonyl (C=O) groups excluding carboxylic acids is 2. The van der Waals surface area contributed by atoms with Gasteiger partial charge in [-0.15, -0.1) is 0 Å². The molecule has 0 fully saturated rings. The zero-order valence-electron chi connectivity index (χ0n) is 17.3. The second-order valence-electron chi connectivity index (χ2n) is 6.30. The Bertz CT molecular complexity index is 1010. The lowest BCUT2D eigenvalue weighted by Crippen LogP contribution is -2.24. The SMILES string of the molecule is COC(=O)C(C)Oc1ccc2c(c1)OC(=Cc1ccc(OC)c(OC)c1OC)C2=O. The van der Waals surface area contributed by atoms with Gasteiger partial charge >= 0.3 is 5.97 Å². The molecule has 0 aliphatic carbocycles. The number of ketones is 1. The standard InChI is InChI=1S/C22H22O8/c1-12(22(24)28-5)29-14-7-8-15-17(11-14)30-18(19(15)23)10-13-6-9-16(25-2)21(27-4)20(13)26-3/h6-12H,1-5H3. The summed E-state index contributed by atoms with van der Waals surface area (Å²) in [5, 5.41) is 0. The van der Waals surface area contributed by atoms with Crippen molar-refractivity contribution in [2.24, 2.45) is 0 Å². The summed E-state index contributed by atoms with van der Waals surface area (Å²) >= 11 is 0. The quantitative estimate of drug-likeness (QED) is 0.504. The first kappa shape index (κ1) is 21.0. The summed E-state index contributed by atoms with van der Waals surface area (Å²) in [4.78, 5) is 24.3. The largest absolute Gasteiger partial charge is 0.493 e. The van der Waals surface area contributed by atoms with Gasteiger partial charge in [-0.1, -0.05) is 0 Å². The summed E-state index contributed by atoms with van der Waals surface area (Å²) in [6, 6.07) is 8.18. The molecule has 0 aromatic heterocycles. The number of hydrogen-bond acceptors (Lipinski definition) is 8. The van der Waals surface area contributed by atoms with Gasteiger partial charge in [0.1, 0.15) is 11.5 Å². The number of methoxy groups -OCH3 is 4. The molecule has 30 heavy (non-hydrogen) atoms. The Hall–Kier alpha value is -3.68. The topological polar surface area (TPSA) is 89.5 Å². The Morgan fingerprint density at radius 2 is 1.73 bits per heavy atom. The third kappa shape index (κ3) is 3.89. The van der Waals surface area contributed by atoms with Gasteiger partial charge in [0.15, 0.2) is 23.4 Å². The number of carbonyl (C=O) groups is 2. The van der Waals surface area contributed by atoms with E-state index in [9.17, 15) is 9.59 Å². The van der Waals surface area contributed by atoms with Crippen molar-refractivity contribution in [3.63, 3.8) is 0 Å². The van der Waals surface area contributed by atoms with Gasteiger partial charge < -0.3 is 28.4 Å². The molecule has 1 heterocycles. The van der Waals surface area contributed by atoms with Crippen molar-refractivity contribution in [1.82, 2.24) is 0 Å². The minimum atomic E-state index is -0.795. The molecule has 2 aromatic rings. The number of rotatable bonds is 7. The third-order valence-corrected chi connectivity index (χ3v) is 4.51. The van der Waals surface area contributed by atoms with Crippen LogP contribution in [0.15, 0.2) is 36.1 Å². The van der Waals surface area contributed by atoms with E-state index in [-0.39, 0.29) is 11.5 Å². The van der Waals surface area contributed by atoms with Gasteiger partial charge in [0.25, 0.3) is 0 Å². The number of fused-ring (bicyclic) bond motifs is 1. The normalized spacial score (nSPS) is 14.6. The Morgan fingerprint density at radius 3 is 2.37 bits per heavy atom. The van der Waals surface area contributed by atoms with Crippen LogP contribution in [-0.2, 0) is 9.53 Å². The zero-order chi connectivity index (χ0) is 21.8. The predicted octanol–water partition coefficient (Wildman–Crippen LogP) is 3.27. The highest BCUT2D eigenvalue weighted by Gasteiger charge is 2.29. The highest BCUT2D eigenvalue weighted by atomic mass is 16.6. The van der Waals surface area contributed by atoms with Crippen molar-refractivity contribution in [3.05, 3.63) is 47.2 Å². The van der Waals surface area contributed by atoms with Crippen molar-refractivity contribution in [2.75, 3.05) is 28.4 Å². The fraction of sp³-hybridized carbons (Fsp3) is 0.273. The van der Waals surface area contributed by atoms with E-state index in [2.05, 4.69) is 4.74 Å². The summed E-state index contributed by atoms with van der Waals surface area (Å²) in [5.41, 5.74) is 0.973. The molecule has 8 heteroatoms. The van der Waals surface area contributed by atoms with Gasteiger partial charge in [-0.05, 0) is 37.3 Å². The lowest BCUT2D eigenvalue weighted by molar-refractivity contribution is -0.147. The van der Waals surface area contributed by atoms with E-state index < -0.39 is 12.1 Å². The molecule has 0 saturated heterocycles. The molecule has 0 spiro atoms. The molecule has 1 aliphatic heterocycles. The molecule has 1 aliphatic rings. The second-order valence-corrected chi connectivity index (χ2v) is 6.30. The predicted molar refractivity (Wildman–Crippen MR) is 108 cm³/mol. The molecule has 0 saturated carbocycles. The summed E-state index contributed by atoms with van der Waals surface area (Å²) in [7, 11) is 5.81. The van der Waals surface area contributed by atoms with Gasteiger partial charge in [-0.2, -0.15) is 0 Å². The van der Waals surface area contributed by atoms with E-state index in [0.29, 0.717) is 39.9 Å². The second kappa shape index (κ2) is 8.77. The summed E-state index contributed by atoms with van der Waals surface area (Å²) in [6.07, 6.45) is 0.775. The van der Waals surface area contributed by atoms with Crippen LogP contribution < -0.4 is 23.7 Å². The monoisotopic (exact) mass is 414 g/mol. The van der Waals surface area contributed by atoms with Crippen molar-refractivity contribution >= 4 is 17.8 Å². The molecule has 1 atom stereocenters. The Kier molecular flexibility index (Phi) is 6.15. The van der Waals surface area contributed by atoms with E-state index in [0.717, 1.165) is 0 Å². The van der Waals surface area contributed by atoms with Gasteiger partial charge in [0.05, 0.1) is 34.0 Å². The Balaban J connectivity index is 1.91. The van der Waals surface area contributed by atoms with Gasteiger partial charge in [0.2, 0.25) is 11.5 Å². The van der Waals surface area contributed by atoms with Crippen LogP contribution in [0, 0.1) is 0 Å². The number of hydrogen-bond donors (Lipinski definition) is 0. The lowest BCUT2D eigenvalue weighted by Gasteiger charge is -2.14. The summed E-state index contributed by atoms with van der Waals surface area (Å²) in [5.74, 6) is 1.36. The molecule has 0 radical (unpaired) electrons. The minimum Gasteiger partial charge on any atom is -0.493 e. The maximum Gasteiger partial charge on any atom is 0.346 e. The Labute approximate surface area is 173 Å². The first-order valence-corrected chi connectivity index (χ1v) is 9.05. The molecular formula is C22H22O8. The number of esters is 1. The molecule has 158 valence electrons. The Morgan fingerprint density at radius 1 is 1.00 bits per heavy atom. The molecule has 8 nitrogen and oxygen atoms in total. The smallest absolute Gasteiger partial charge is 0.346 e. The average molecular weight is 414 g/mol. The molecule has 0 amide bonds. The molecule has 0 bridgehead atoms. The van der Waals surface area contributed by atoms with E-state index in [1.54, 1.807) is 43.3 Å². The maximum absolute atomic E-state index is 12.8. The maximum atomic E-state index is 12.8. The fourth-order valence-electron chi connectivity index (χ4n) is 3.04. The van der Waals surface area contributed by atoms with Gasteiger partial charge in [0, 0.05) is 11.6 Å². The van der Waals surface area contributed by atoms with Crippen molar-refractivity contribution in [1.29, 1.82) is 0 Å². The summed E-state index contributed by atoms with van der Waals surface area (Å²) < 4.78 is 32.0. The molecule has 2 aromatic carbocycles. The highest BCUT2D eigenvalue weighted by Crippen LogP contribution is 2.42. The molecule has 1 unspecified atom stereocenters. The first-order chi connectivity index (χ1) is 14.4. The van der Waals surface area contributed by atoms with Crippen LogP contribution in [0.2, 0.25) is 0 Å². The zero-order valence-corrected chi connectivity index (χ0v) is 17.3.